The number of hydrogen-bond donors (Lipinski definition) is 1. The molecule has 124 valence electrons. The lowest BCUT2D eigenvalue weighted by atomic mass is 10.1. The van der Waals surface area contributed by atoms with Crippen molar-refractivity contribution in [2.45, 2.75) is 25.8 Å². The summed E-state index contributed by atoms with van der Waals surface area (Å²) in [5.41, 5.74) is 0.410. The number of nitrogens with one attached hydrogen (secondary N) is 1. The Morgan fingerprint density at radius 1 is 1.41 bits per heavy atom. The van der Waals surface area contributed by atoms with E-state index < -0.39 is 34.9 Å². The molecule has 0 bridgehead atoms. The minimum Gasteiger partial charge on any atom is -0.485 e. The van der Waals surface area contributed by atoms with Gasteiger partial charge in [-0.25, -0.2) is 26.3 Å². The SMILES string of the molecule is C=CCCS(=O)(=O)N[C@H](C)c1ccc(F)c(OCC(F)F)c1. The molecule has 0 radical (unpaired) electrons. The predicted molar refractivity (Wildman–Crippen MR) is 78.1 cm³/mol. The van der Waals surface area contributed by atoms with E-state index >= 15 is 0 Å². The molecule has 0 fully saturated rings. The molecule has 22 heavy (non-hydrogen) atoms. The van der Waals surface area contributed by atoms with Crippen molar-refractivity contribution >= 4 is 10.0 Å². The number of halogens is 3. The van der Waals surface area contributed by atoms with Gasteiger partial charge in [0.05, 0.1) is 5.75 Å². The van der Waals surface area contributed by atoms with Gasteiger partial charge in [0, 0.05) is 6.04 Å². The zero-order valence-electron chi connectivity index (χ0n) is 12.1. The largest absolute Gasteiger partial charge is 0.485 e. The average molecular weight is 337 g/mol. The van der Waals surface area contributed by atoms with Gasteiger partial charge in [-0.2, -0.15) is 0 Å². The highest BCUT2D eigenvalue weighted by atomic mass is 32.2. The molecule has 0 spiro atoms. The number of alkyl halides is 2. The molecule has 1 N–H and O–H groups in total. The van der Waals surface area contributed by atoms with Gasteiger partial charge < -0.3 is 4.74 Å². The van der Waals surface area contributed by atoms with Crippen molar-refractivity contribution in [3.63, 3.8) is 0 Å². The molecular formula is C14H18F3NO3S. The molecule has 4 nitrogen and oxygen atoms in total. The van der Waals surface area contributed by atoms with Crippen LogP contribution in [0.5, 0.6) is 5.75 Å². The third kappa shape index (κ3) is 6.07. The molecule has 1 rings (SSSR count). The van der Waals surface area contributed by atoms with E-state index in [1.54, 1.807) is 6.92 Å². The van der Waals surface area contributed by atoms with Crippen LogP contribution >= 0.6 is 0 Å². The molecular weight excluding hydrogens is 319 g/mol. The van der Waals surface area contributed by atoms with Crippen molar-refractivity contribution < 1.29 is 26.3 Å². The molecule has 1 atom stereocenters. The minimum atomic E-state index is -3.52. The van der Waals surface area contributed by atoms with Crippen LogP contribution in [0.3, 0.4) is 0 Å². The average Bonchev–Trinajstić information content (AvgIpc) is 2.43. The fraction of sp³-hybridized carbons (Fsp3) is 0.429. The van der Waals surface area contributed by atoms with Gasteiger partial charge in [-0.15, -0.1) is 6.58 Å². The van der Waals surface area contributed by atoms with Gasteiger partial charge >= 0.3 is 0 Å². The first-order valence-corrected chi connectivity index (χ1v) is 8.21. The monoisotopic (exact) mass is 337 g/mol. The molecule has 8 heteroatoms. The maximum Gasteiger partial charge on any atom is 0.272 e. The molecule has 1 aromatic rings. The summed E-state index contributed by atoms with van der Waals surface area (Å²) in [6, 6.07) is 2.97. The lowest BCUT2D eigenvalue weighted by Gasteiger charge is -2.16. The predicted octanol–water partition coefficient (Wildman–Crippen LogP) is 3.03. The highest BCUT2D eigenvalue weighted by Crippen LogP contribution is 2.23. The van der Waals surface area contributed by atoms with E-state index in [1.807, 2.05) is 0 Å². The van der Waals surface area contributed by atoms with Crippen molar-refractivity contribution in [2.24, 2.45) is 0 Å². The summed E-state index contributed by atoms with van der Waals surface area (Å²) in [5.74, 6) is -1.24. The van der Waals surface area contributed by atoms with Crippen molar-refractivity contribution in [1.82, 2.24) is 4.72 Å². The maximum absolute atomic E-state index is 13.5. The Hall–Kier alpha value is -1.54. The summed E-state index contributed by atoms with van der Waals surface area (Å²) in [7, 11) is -3.52. The molecule has 0 saturated carbocycles. The van der Waals surface area contributed by atoms with E-state index in [-0.39, 0.29) is 11.5 Å². The number of allylic oxidation sites excluding steroid dienone is 1. The van der Waals surface area contributed by atoms with Gasteiger partial charge in [-0.1, -0.05) is 12.1 Å². The second-order valence-corrected chi connectivity index (χ2v) is 6.50. The Balaban J connectivity index is 2.83. The lowest BCUT2D eigenvalue weighted by molar-refractivity contribution is 0.0798. The normalized spacial score (nSPS) is 13.1. The molecule has 0 aliphatic carbocycles. The lowest BCUT2D eigenvalue weighted by Crippen LogP contribution is -2.29. The molecule has 0 aromatic heterocycles. The van der Waals surface area contributed by atoms with E-state index in [2.05, 4.69) is 16.0 Å². The van der Waals surface area contributed by atoms with E-state index in [1.165, 1.54) is 18.2 Å². The van der Waals surface area contributed by atoms with Crippen molar-refractivity contribution in [2.75, 3.05) is 12.4 Å². The van der Waals surface area contributed by atoms with Gasteiger partial charge in [-0.05, 0) is 31.0 Å². The number of benzene rings is 1. The third-order valence-electron chi connectivity index (χ3n) is 2.77. The first kappa shape index (κ1) is 18.5. The smallest absolute Gasteiger partial charge is 0.272 e. The van der Waals surface area contributed by atoms with E-state index in [0.717, 1.165) is 6.07 Å². The first-order valence-electron chi connectivity index (χ1n) is 6.56. The van der Waals surface area contributed by atoms with Crippen molar-refractivity contribution in [3.8, 4) is 5.75 Å². The summed E-state index contributed by atoms with van der Waals surface area (Å²) >= 11 is 0. The zero-order valence-corrected chi connectivity index (χ0v) is 12.9. The van der Waals surface area contributed by atoms with Crippen LogP contribution in [-0.4, -0.2) is 27.2 Å². The second kappa shape index (κ2) is 8.19. The summed E-state index contributed by atoms with van der Waals surface area (Å²) in [5, 5.41) is 0. The Bertz CT molecular complexity index is 605. The molecule has 0 saturated heterocycles. The second-order valence-electron chi connectivity index (χ2n) is 4.63. The van der Waals surface area contributed by atoms with E-state index in [9.17, 15) is 21.6 Å². The summed E-state index contributed by atoms with van der Waals surface area (Å²) < 4.78 is 68.3. The van der Waals surface area contributed by atoms with Crippen LogP contribution in [0.4, 0.5) is 13.2 Å². The van der Waals surface area contributed by atoms with Crippen molar-refractivity contribution in [3.05, 3.63) is 42.2 Å². The van der Waals surface area contributed by atoms with Gasteiger partial charge in [0.25, 0.3) is 6.43 Å². The highest BCUT2D eigenvalue weighted by Gasteiger charge is 2.17. The van der Waals surface area contributed by atoms with Crippen LogP contribution in [0, 0.1) is 5.82 Å². The highest BCUT2D eigenvalue weighted by molar-refractivity contribution is 7.89. The summed E-state index contributed by atoms with van der Waals surface area (Å²) in [6.45, 7) is 4.08. The number of rotatable bonds is 9. The van der Waals surface area contributed by atoms with Crippen LogP contribution in [-0.2, 0) is 10.0 Å². The first-order chi connectivity index (χ1) is 10.2. The third-order valence-corrected chi connectivity index (χ3v) is 4.25. The standard InChI is InChI=1S/C14H18F3NO3S/c1-3-4-7-22(19,20)18-10(2)11-5-6-12(15)13(8-11)21-9-14(16)17/h3,5-6,8,10,14,18H,1,4,7,9H2,2H3/t10-/m1/s1. The Labute approximate surface area is 128 Å². The quantitative estimate of drug-likeness (QED) is 0.705. The van der Waals surface area contributed by atoms with Crippen LogP contribution in [0.25, 0.3) is 0 Å². The molecule has 0 aliphatic heterocycles. The molecule has 0 heterocycles. The molecule has 0 aliphatic rings. The fourth-order valence-corrected chi connectivity index (χ4v) is 2.96. The van der Waals surface area contributed by atoms with Crippen LogP contribution in [0.2, 0.25) is 0 Å². The molecule has 0 unspecified atom stereocenters. The number of ether oxygens (including phenoxy) is 1. The zero-order chi connectivity index (χ0) is 16.8. The van der Waals surface area contributed by atoms with Crippen molar-refractivity contribution in [1.29, 1.82) is 0 Å². The molecule has 1 aromatic carbocycles. The topological polar surface area (TPSA) is 55.4 Å². The number of sulfonamides is 1. The molecule has 0 amide bonds. The summed E-state index contributed by atoms with van der Waals surface area (Å²) in [6.07, 6.45) is -0.940. The maximum atomic E-state index is 13.5. The van der Waals surface area contributed by atoms with E-state index in [0.29, 0.717) is 12.0 Å². The fourth-order valence-electron chi connectivity index (χ4n) is 1.69. The van der Waals surface area contributed by atoms with Crippen LogP contribution in [0.15, 0.2) is 30.9 Å². The van der Waals surface area contributed by atoms with E-state index in [4.69, 9.17) is 0 Å². The Morgan fingerprint density at radius 3 is 2.68 bits per heavy atom. The van der Waals surface area contributed by atoms with Gasteiger partial charge in [0.2, 0.25) is 10.0 Å². The van der Waals surface area contributed by atoms with Crippen LogP contribution in [0.1, 0.15) is 24.9 Å². The minimum absolute atomic E-state index is 0.114. The Kier molecular flexibility index (Phi) is 6.89. The van der Waals surface area contributed by atoms with Gasteiger partial charge in [0.15, 0.2) is 11.6 Å². The summed E-state index contributed by atoms with van der Waals surface area (Å²) in [4.78, 5) is 0. The van der Waals surface area contributed by atoms with Gasteiger partial charge in [0.1, 0.15) is 6.61 Å². The van der Waals surface area contributed by atoms with Crippen LogP contribution < -0.4 is 9.46 Å². The number of hydrogen-bond acceptors (Lipinski definition) is 3. The van der Waals surface area contributed by atoms with Gasteiger partial charge in [-0.3, -0.25) is 0 Å². The Morgan fingerprint density at radius 2 is 2.09 bits per heavy atom.